The molecule has 6 nitrogen and oxygen atoms in total. The number of halogens is 1. The van der Waals surface area contributed by atoms with Crippen LogP contribution >= 0.6 is 11.6 Å². The Morgan fingerprint density at radius 1 is 1.27 bits per heavy atom. The number of ketones is 1. The summed E-state index contributed by atoms with van der Waals surface area (Å²) in [6.45, 7) is 0. The van der Waals surface area contributed by atoms with Gasteiger partial charge in [0.05, 0.1) is 35.4 Å². The number of carbonyl (C=O) groups is 1. The Bertz CT molecular complexity index is 1150. The summed E-state index contributed by atoms with van der Waals surface area (Å²) in [6.07, 6.45) is 1.71. The zero-order valence-electron chi connectivity index (χ0n) is 16.4. The second-order valence-corrected chi connectivity index (χ2v) is 7.61. The fourth-order valence-corrected chi connectivity index (χ4v) is 4.43. The van der Waals surface area contributed by atoms with Crippen LogP contribution in [0.1, 0.15) is 30.7 Å². The molecule has 1 atom stereocenters. The van der Waals surface area contributed by atoms with Gasteiger partial charge in [-0.3, -0.25) is 9.69 Å². The molecule has 30 heavy (non-hydrogen) atoms. The highest BCUT2D eigenvalue weighted by Gasteiger charge is 2.40. The summed E-state index contributed by atoms with van der Waals surface area (Å²) in [5.74, 6) is -0.210. The van der Waals surface area contributed by atoms with E-state index in [-0.39, 0.29) is 22.9 Å². The Kier molecular flexibility index (Phi) is 5.15. The number of hydrogen-bond acceptors (Lipinski definition) is 6. The van der Waals surface area contributed by atoms with Gasteiger partial charge in [-0.2, -0.15) is 5.26 Å². The number of anilines is 1. The molecule has 0 saturated heterocycles. The fraction of sp³-hybridized carbons (Fsp3) is 0.217. The lowest BCUT2D eigenvalue weighted by atomic mass is 9.75. The molecule has 0 fully saturated rings. The second-order valence-electron chi connectivity index (χ2n) is 7.20. The number of nitrogens with two attached hydrogens (primary N) is 1. The van der Waals surface area contributed by atoms with Crippen LogP contribution < -0.4 is 15.4 Å². The van der Waals surface area contributed by atoms with Gasteiger partial charge < -0.3 is 15.6 Å². The third kappa shape index (κ3) is 3.08. The van der Waals surface area contributed by atoms with E-state index in [1.54, 1.807) is 23.1 Å². The van der Waals surface area contributed by atoms with Crippen LogP contribution in [0.15, 0.2) is 65.1 Å². The largest absolute Gasteiger partial charge is 0.504 e. The summed E-state index contributed by atoms with van der Waals surface area (Å²) in [7, 11) is 1.46. The molecule has 2 aromatic rings. The van der Waals surface area contributed by atoms with Crippen molar-refractivity contribution in [1.82, 2.24) is 0 Å². The van der Waals surface area contributed by atoms with E-state index >= 15 is 0 Å². The minimum absolute atomic E-state index is 0.0335. The predicted octanol–water partition coefficient (Wildman–Crippen LogP) is 4.36. The Morgan fingerprint density at radius 3 is 2.70 bits per heavy atom. The molecule has 4 rings (SSSR count). The van der Waals surface area contributed by atoms with E-state index in [0.717, 1.165) is 5.70 Å². The van der Waals surface area contributed by atoms with E-state index in [0.29, 0.717) is 46.9 Å². The quantitative estimate of drug-likeness (QED) is 0.763. The van der Waals surface area contributed by atoms with Gasteiger partial charge in [-0.1, -0.05) is 29.8 Å². The molecule has 0 radical (unpaired) electrons. The first kappa shape index (κ1) is 19.9. The van der Waals surface area contributed by atoms with E-state index < -0.39 is 5.92 Å². The summed E-state index contributed by atoms with van der Waals surface area (Å²) >= 11 is 6.43. The average Bonchev–Trinajstić information content (AvgIpc) is 2.74. The van der Waals surface area contributed by atoms with Crippen LogP contribution in [0.25, 0.3) is 0 Å². The number of carbonyl (C=O) groups excluding carboxylic acids is 1. The molecule has 1 aliphatic carbocycles. The molecular weight excluding hydrogens is 402 g/mol. The van der Waals surface area contributed by atoms with Crippen LogP contribution in [0.5, 0.6) is 11.5 Å². The first-order valence-corrected chi connectivity index (χ1v) is 9.93. The number of hydrogen-bond donors (Lipinski definition) is 2. The molecule has 2 aliphatic rings. The van der Waals surface area contributed by atoms with Gasteiger partial charge in [-0.25, -0.2) is 0 Å². The number of aromatic hydroxyl groups is 1. The predicted molar refractivity (Wildman–Crippen MR) is 114 cm³/mol. The Balaban J connectivity index is 1.97. The standard InChI is InChI=1S/C23H20ClN3O3/c1-30-20-10-9-13(11-19(20)29)21-14(12-25)23(26)27(16-6-3-2-5-15(16)24)17-7-4-8-18(28)22(17)21/h2-3,5-6,9-11,21,29H,4,7-8,26H2,1H3/t21-/m1/s1. The van der Waals surface area contributed by atoms with Gasteiger partial charge in [0.1, 0.15) is 5.82 Å². The molecule has 152 valence electrons. The maximum Gasteiger partial charge on any atom is 0.161 e. The molecule has 0 unspecified atom stereocenters. The van der Waals surface area contributed by atoms with Crippen molar-refractivity contribution in [3.8, 4) is 17.6 Å². The van der Waals surface area contributed by atoms with Crippen LogP contribution in [0, 0.1) is 11.3 Å². The first-order valence-electron chi connectivity index (χ1n) is 9.55. The van der Waals surface area contributed by atoms with Crippen molar-refractivity contribution in [2.45, 2.75) is 25.2 Å². The number of nitriles is 1. The summed E-state index contributed by atoms with van der Waals surface area (Å²) < 4.78 is 5.12. The molecule has 1 aliphatic heterocycles. The number of rotatable bonds is 3. The summed E-state index contributed by atoms with van der Waals surface area (Å²) in [5, 5.41) is 20.8. The number of nitrogens with zero attached hydrogens (tertiary/aromatic N) is 2. The topological polar surface area (TPSA) is 99.6 Å². The molecule has 0 aromatic heterocycles. The van der Waals surface area contributed by atoms with Gasteiger partial charge in [-0.15, -0.1) is 0 Å². The van der Waals surface area contributed by atoms with Crippen LogP contribution in [0.4, 0.5) is 5.69 Å². The van der Waals surface area contributed by atoms with Crippen molar-refractivity contribution in [2.24, 2.45) is 5.73 Å². The summed E-state index contributed by atoms with van der Waals surface area (Å²) in [6, 6.07) is 14.3. The maximum absolute atomic E-state index is 13.1. The van der Waals surface area contributed by atoms with Gasteiger partial charge >= 0.3 is 0 Å². The number of phenols is 1. The highest BCUT2D eigenvalue weighted by atomic mass is 35.5. The number of benzene rings is 2. The normalized spacial score (nSPS) is 18.9. The van der Waals surface area contributed by atoms with Gasteiger partial charge in [0.2, 0.25) is 0 Å². The van der Waals surface area contributed by atoms with Crippen molar-refractivity contribution in [1.29, 1.82) is 5.26 Å². The van der Waals surface area contributed by atoms with Crippen molar-refractivity contribution in [3.05, 3.63) is 75.7 Å². The summed E-state index contributed by atoms with van der Waals surface area (Å²) in [4.78, 5) is 14.8. The van der Waals surface area contributed by atoms with Crippen molar-refractivity contribution >= 4 is 23.1 Å². The lowest BCUT2D eigenvalue weighted by Gasteiger charge is -2.40. The highest BCUT2D eigenvalue weighted by molar-refractivity contribution is 6.33. The van der Waals surface area contributed by atoms with E-state index in [4.69, 9.17) is 22.1 Å². The molecule has 7 heteroatoms. The highest BCUT2D eigenvalue weighted by Crippen LogP contribution is 2.48. The lowest BCUT2D eigenvalue weighted by molar-refractivity contribution is -0.116. The second kappa shape index (κ2) is 7.77. The first-order chi connectivity index (χ1) is 14.5. The number of ether oxygens (including phenoxy) is 1. The van der Waals surface area contributed by atoms with E-state index in [9.17, 15) is 15.2 Å². The molecule has 0 amide bonds. The van der Waals surface area contributed by atoms with Gasteiger partial charge in [0.25, 0.3) is 0 Å². The van der Waals surface area contributed by atoms with Crippen LogP contribution in [-0.4, -0.2) is 18.0 Å². The van der Waals surface area contributed by atoms with Crippen LogP contribution in [0.2, 0.25) is 5.02 Å². The van der Waals surface area contributed by atoms with E-state index in [1.807, 2.05) is 18.2 Å². The smallest absolute Gasteiger partial charge is 0.161 e. The molecular formula is C23H20ClN3O3. The molecule has 2 aromatic carbocycles. The van der Waals surface area contributed by atoms with Gasteiger partial charge in [0, 0.05) is 17.7 Å². The van der Waals surface area contributed by atoms with Gasteiger partial charge in [-0.05, 0) is 42.7 Å². The molecule has 0 saturated carbocycles. The Morgan fingerprint density at radius 2 is 2.03 bits per heavy atom. The summed E-state index contributed by atoms with van der Waals surface area (Å²) in [5.41, 5.74) is 9.25. The third-order valence-electron chi connectivity index (χ3n) is 5.54. The monoisotopic (exact) mass is 421 g/mol. The van der Waals surface area contributed by atoms with Crippen LogP contribution in [-0.2, 0) is 4.79 Å². The van der Waals surface area contributed by atoms with Crippen molar-refractivity contribution in [3.63, 3.8) is 0 Å². The van der Waals surface area contributed by atoms with E-state index in [1.165, 1.54) is 13.2 Å². The SMILES string of the molecule is COc1ccc([C@@H]2C(C#N)=C(N)N(c3ccccc3Cl)C3=C2C(=O)CCC3)cc1O. The van der Waals surface area contributed by atoms with Gasteiger partial charge in [0.15, 0.2) is 17.3 Å². The number of phenolic OH excluding ortho intramolecular Hbond substituents is 1. The zero-order chi connectivity index (χ0) is 21.4. The van der Waals surface area contributed by atoms with Crippen LogP contribution in [0.3, 0.4) is 0 Å². The average molecular weight is 422 g/mol. The zero-order valence-corrected chi connectivity index (χ0v) is 17.1. The maximum atomic E-state index is 13.1. The number of allylic oxidation sites excluding steroid dienone is 3. The fourth-order valence-electron chi connectivity index (χ4n) is 4.21. The third-order valence-corrected chi connectivity index (χ3v) is 5.86. The minimum Gasteiger partial charge on any atom is -0.504 e. The Labute approximate surface area is 179 Å². The minimum atomic E-state index is -0.659. The number of Topliss-reactive ketones (excluding diaryl/α,β-unsaturated/α-hetero) is 1. The molecule has 3 N–H and O–H groups in total. The van der Waals surface area contributed by atoms with E-state index in [2.05, 4.69) is 6.07 Å². The van der Waals surface area contributed by atoms with Crippen molar-refractivity contribution < 1.29 is 14.6 Å². The Hall–Kier alpha value is -3.43. The number of para-hydroxylation sites is 1. The number of methoxy groups -OCH3 is 1. The molecule has 0 bridgehead atoms. The lowest BCUT2D eigenvalue weighted by Crippen LogP contribution is -2.38. The van der Waals surface area contributed by atoms with Crippen molar-refractivity contribution in [2.75, 3.05) is 12.0 Å². The molecule has 1 heterocycles. The molecule has 0 spiro atoms.